The largest absolute Gasteiger partial charge is 0.396 e. The van der Waals surface area contributed by atoms with Crippen LogP contribution in [0.25, 0.3) is 0 Å². The van der Waals surface area contributed by atoms with E-state index in [1.165, 1.54) is 48.2 Å². The summed E-state index contributed by atoms with van der Waals surface area (Å²) < 4.78 is 37.5. The summed E-state index contributed by atoms with van der Waals surface area (Å²) in [5.41, 5.74) is 5.46. The van der Waals surface area contributed by atoms with Crippen molar-refractivity contribution in [3.63, 3.8) is 0 Å². The predicted octanol–water partition coefficient (Wildman–Crippen LogP) is 3.63. The van der Waals surface area contributed by atoms with Crippen LogP contribution in [0.5, 0.6) is 0 Å². The summed E-state index contributed by atoms with van der Waals surface area (Å²) in [5, 5.41) is 0.487. The van der Waals surface area contributed by atoms with Crippen molar-refractivity contribution in [1.82, 2.24) is 0 Å². The van der Waals surface area contributed by atoms with Crippen LogP contribution >= 0.6 is 23.4 Å². The van der Waals surface area contributed by atoms with Gasteiger partial charge in [0.15, 0.2) is 9.84 Å². The molecule has 0 aliphatic heterocycles. The van der Waals surface area contributed by atoms with E-state index in [1.807, 2.05) is 0 Å². The number of rotatable bonds is 5. The fraction of sp³-hybridized carbons (Fsp3) is 0.143. The smallest absolute Gasteiger partial charge is 0.179 e. The van der Waals surface area contributed by atoms with Gasteiger partial charge in [0, 0.05) is 15.7 Å². The van der Waals surface area contributed by atoms with Crippen LogP contribution in [-0.4, -0.2) is 19.9 Å². The molecule has 0 unspecified atom stereocenters. The highest BCUT2D eigenvalue weighted by Crippen LogP contribution is 2.23. The van der Waals surface area contributed by atoms with Crippen molar-refractivity contribution in [2.24, 2.45) is 0 Å². The molecule has 0 bridgehead atoms. The van der Waals surface area contributed by atoms with Crippen molar-refractivity contribution < 1.29 is 12.8 Å². The Bertz CT molecular complexity index is 733. The molecule has 0 heterocycles. The topological polar surface area (TPSA) is 60.2 Å². The lowest BCUT2D eigenvalue weighted by Crippen LogP contribution is -2.08. The van der Waals surface area contributed by atoms with Crippen LogP contribution in [0.2, 0.25) is 5.02 Å². The number of thioether (sulfide) groups is 1. The Labute approximate surface area is 132 Å². The quantitative estimate of drug-likeness (QED) is 0.664. The zero-order valence-electron chi connectivity index (χ0n) is 10.9. The van der Waals surface area contributed by atoms with Gasteiger partial charge in [-0.1, -0.05) is 11.6 Å². The van der Waals surface area contributed by atoms with Gasteiger partial charge in [0.2, 0.25) is 0 Å². The summed E-state index contributed by atoms with van der Waals surface area (Å²) in [7, 11) is -3.36. The second kappa shape index (κ2) is 6.68. The van der Waals surface area contributed by atoms with Gasteiger partial charge in [-0.2, -0.15) is 0 Å². The highest BCUT2D eigenvalue weighted by atomic mass is 35.5. The van der Waals surface area contributed by atoms with Gasteiger partial charge >= 0.3 is 0 Å². The third-order valence-corrected chi connectivity index (χ3v) is 6.00. The van der Waals surface area contributed by atoms with Gasteiger partial charge < -0.3 is 5.73 Å². The molecule has 0 amide bonds. The first-order valence-electron chi connectivity index (χ1n) is 6.04. The molecule has 0 aliphatic rings. The second-order valence-corrected chi connectivity index (χ2v) is 8.02. The molecular formula is C14H13ClFNO2S2. The molecule has 0 radical (unpaired) electrons. The Balaban J connectivity index is 1.98. The monoisotopic (exact) mass is 345 g/mol. The molecule has 3 nitrogen and oxygen atoms in total. The molecule has 0 saturated heterocycles. The average Bonchev–Trinajstić information content (AvgIpc) is 2.43. The molecule has 2 N–H and O–H groups in total. The summed E-state index contributed by atoms with van der Waals surface area (Å²) >= 11 is 7.00. The molecular weight excluding hydrogens is 333 g/mol. The predicted molar refractivity (Wildman–Crippen MR) is 85.0 cm³/mol. The molecule has 0 spiro atoms. The van der Waals surface area contributed by atoms with E-state index < -0.39 is 15.7 Å². The number of hydrogen-bond acceptors (Lipinski definition) is 4. The lowest BCUT2D eigenvalue weighted by atomic mass is 10.3. The number of anilines is 1. The number of halogens is 2. The number of hydrogen-bond donors (Lipinski definition) is 1. The van der Waals surface area contributed by atoms with Crippen LogP contribution in [0.3, 0.4) is 0 Å². The fourth-order valence-corrected chi connectivity index (χ4v) is 4.34. The van der Waals surface area contributed by atoms with E-state index in [9.17, 15) is 12.8 Å². The zero-order chi connectivity index (χ0) is 15.5. The van der Waals surface area contributed by atoms with Gasteiger partial charge in [0.25, 0.3) is 0 Å². The van der Waals surface area contributed by atoms with E-state index in [4.69, 9.17) is 17.3 Å². The fourth-order valence-electron chi connectivity index (χ4n) is 1.63. The SMILES string of the molecule is Nc1ccc(SCCS(=O)(=O)c2ccc(Cl)cc2)cc1F. The van der Waals surface area contributed by atoms with Crippen molar-refractivity contribution in [2.45, 2.75) is 9.79 Å². The lowest BCUT2D eigenvalue weighted by Gasteiger charge is -2.05. The molecule has 0 aromatic heterocycles. The minimum atomic E-state index is -3.36. The van der Waals surface area contributed by atoms with Crippen LogP contribution in [0, 0.1) is 5.82 Å². The van der Waals surface area contributed by atoms with E-state index in [1.54, 1.807) is 6.07 Å². The van der Waals surface area contributed by atoms with Crippen LogP contribution in [0.4, 0.5) is 10.1 Å². The number of nitrogens with two attached hydrogens (primary N) is 1. The van der Waals surface area contributed by atoms with E-state index in [-0.39, 0.29) is 16.3 Å². The first kappa shape index (κ1) is 16.1. The average molecular weight is 346 g/mol. The summed E-state index contributed by atoms with van der Waals surface area (Å²) in [6, 6.07) is 10.5. The first-order chi connectivity index (χ1) is 9.88. The van der Waals surface area contributed by atoms with Crippen molar-refractivity contribution >= 4 is 38.9 Å². The van der Waals surface area contributed by atoms with Crippen LogP contribution in [-0.2, 0) is 9.84 Å². The summed E-state index contributed by atoms with van der Waals surface area (Å²) in [4.78, 5) is 0.879. The Kier molecular flexibility index (Phi) is 5.13. The number of nitrogen functional groups attached to an aromatic ring is 1. The maximum atomic E-state index is 13.3. The van der Waals surface area contributed by atoms with Crippen molar-refractivity contribution in [1.29, 1.82) is 0 Å². The number of sulfone groups is 1. The van der Waals surface area contributed by atoms with E-state index in [0.717, 1.165) is 0 Å². The molecule has 0 aliphatic carbocycles. The summed E-state index contributed by atoms with van der Waals surface area (Å²) in [6.07, 6.45) is 0. The van der Waals surface area contributed by atoms with E-state index in [0.29, 0.717) is 15.7 Å². The van der Waals surface area contributed by atoms with Gasteiger partial charge in [-0.3, -0.25) is 0 Å². The third-order valence-electron chi connectivity index (χ3n) is 2.77. The van der Waals surface area contributed by atoms with Gasteiger partial charge in [0.1, 0.15) is 5.82 Å². The third kappa shape index (κ3) is 4.36. The standard InChI is InChI=1S/C14H13ClFNO2S2/c15-10-1-4-12(5-2-10)21(18,19)8-7-20-11-3-6-14(17)13(16)9-11/h1-6,9H,7-8,17H2. The molecule has 0 fully saturated rings. The second-order valence-electron chi connectivity index (χ2n) is 4.30. The summed E-state index contributed by atoms with van der Waals surface area (Å²) in [6.45, 7) is 0. The molecule has 112 valence electrons. The van der Waals surface area contributed by atoms with Crippen molar-refractivity contribution in [3.8, 4) is 0 Å². The van der Waals surface area contributed by atoms with E-state index >= 15 is 0 Å². The highest BCUT2D eigenvalue weighted by Gasteiger charge is 2.14. The van der Waals surface area contributed by atoms with Crippen LogP contribution in [0.1, 0.15) is 0 Å². The molecule has 2 aromatic rings. The van der Waals surface area contributed by atoms with Gasteiger partial charge in [0.05, 0.1) is 16.3 Å². The lowest BCUT2D eigenvalue weighted by molar-refractivity contribution is 0.597. The minimum absolute atomic E-state index is 0.0364. The van der Waals surface area contributed by atoms with Crippen LogP contribution < -0.4 is 5.73 Å². The molecule has 7 heteroatoms. The van der Waals surface area contributed by atoms with Crippen LogP contribution in [0.15, 0.2) is 52.3 Å². The highest BCUT2D eigenvalue weighted by molar-refractivity contribution is 8.00. The maximum Gasteiger partial charge on any atom is 0.179 e. The zero-order valence-corrected chi connectivity index (χ0v) is 13.3. The Hall–Kier alpha value is -1.24. The molecule has 2 aromatic carbocycles. The minimum Gasteiger partial charge on any atom is -0.396 e. The first-order valence-corrected chi connectivity index (χ1v) is 9.06. The molecule has 0 saturated carbocycles. The normalized spacial score (nSPS) is 11.5. The Morgan fingerprint density at radius 2 is 1.81 bits per heavy atom. The van der Waals surface area contributed by atoms with Gasteiger partial charge in [-0.05, 0) is 42.5 Å². The Morgan fingerprint density at radius 1 is 1.14 bits per heavy atom. The molecule has 2 rings (SSSR count). The molecule has 0 atom stereocenters. The maximum absolute atomic E-state index is 13.3. The summed E-state index contributed by atoms with van der Waals surface area (Å²) in [5.74, 6) is -0.208. The van der Waals surface area contributed by atoms with Crippen molar-refractivity contribution in [2.75, 3.05) is 17.2 Å². The van der Waals surface area contributed by atoms with Crippen molar-refractivity contribution in [3.05, 3.63) is 53.3 Å². The van der Waals surface area contributed by atoms with E-state index in [2.05, 4.69) is 0 Å². The van der Waals surface area contributed by atoms with Gasteiger partial charge in [-0.15, -0.1) is 11.8 Å². The van der Waals surface area contributed by atoms with Gasteiger partial charge in [-0.25, -0.2) is 12.8 Å². The molecule has 21 heavy (non-hydrogen) atoms. The number of benzene rings is 2. The Morgan fingerprint density at radius 3 is 2.43 bits per heavy atom.